The predicted molar refractivity (Wildman–Crippen MR) is 63.2 cm³/mol. The largest absolute Gasteiger partial charge is 0.387 e. The maximum atomic E-state index is 13.9. The minimum atomic E-state index is -1.20. The lowest BCUT2D eigenvalue weighted by Crippen LogP contribution is -2.03. The molecule has 0 amide bonds. The summed E-state index contributed by atoms with van der Waals surface area (Å²) in [5, 5.41) is 2.93. The van der Waals surface area contributed by atoms with Gasteiger partial charge in [0.25, 0.3) is 0 Å². The number of nitrogens with zero attached hydrogens (tertiary/aromatic N) is 1. The van der Waals surface area contributed by atoms with E-state index in [1.807, 2.05) is 0 Å². The van der Waals surface area contributed by atoms with Gasteiger partial charge in [0, 0.05) is 18.8 Å². The molecule has 1 N–H and O–H groups in total. The number of pyridine rings is 1. The van der Waals surface area contributed by atoms with Gasteiger partial charge in [-0.1, -0.05) is 0 Å². The Kier molecular flexibility index (Phi) is 2.43. The topological polar surface area (TPSA) is 24.9 Å². The highest BCUT2D eigenvalue weighted by Gasteiger charge is 2.24. The van der Waals surface area contributed by atoms with Crippen LogP contribution in [-0.4, -0.2) is 12.0 Å². The second-order valence-corrected chi connectivity index (χ2v) is 4.39. The van der Waals surface area contributed by atoms with Gasteiger partial charge < -0.3 is 5.32 Å². The van der Waals surface area contributed by atoms with Crippen molar-refractivity contribution in [3.63, 3.8) is 0 Å². The van der Waals surface area contributed by atoms with Gasteiger partial charge in [0.05, 0.1) is 11.1 Å². The molecule has 1 aromatic heterocycles. The van der Waals surface area contributed by atoms with Crippen molar-refractivity contribution < 1.29 is 13.2 Å². The Bertz CT molecular complexity index is 653. The second-order valence-electron chi connectivity index (χ2n) is 4.39. The van der Waals surface area contributed by atoms with Crippen LogP contribution in [0.1, 0.15) is 17.7 Å². The van der Waals surface area contributed by atoms with Crippen molar-refractivity contribution in [3.8, 4) is 0 Å². The molecule has 2 aromatic rings. The number of aryl methyl sites for hydroxylation is 1. The molecular formula is C13H11F3N2. The fourth-order valence-corrected chi connectivity index (χ4v) is 2.61. The summed E-state index contributed by atoms with van der Waals surface area (Å²) >= 11 is 0. The minimum absolute atomic E-state index is 0.0389. The Labute approximate surface area is 102 Å². The van der Waals surface area contributed by atoms with Crippen molar-refractivity contribution >= 4 is 16.6 Å². The van der Waals surface area contributed by atoms with Crippen LogP contribution in [0.4, 0.5) is 18.9 Å². The first-order chi connectivity index (χ1) is 8.63. The third kappa shape index (κ3) is 1.39. The van der Waals surface area contributed by atoms with Crippen molar-refractivity contribution in [1.82, 2.24) is 4.98 Å². The lowest BCUT2D eigenvalue weighted by atomic mass is 10.1. The molecule has 0 saturated heterocycles. The van der Waals surface area contributed by atoms with Crippen LogP contribution in [0, 0.1) is 17.5 Å². The van der Waals surface area contributed by atoms with Gasteiger partial charge in [0.1, 0.15) is 11.3 Å². The summed E-state index contributed by atoms with van der Waals surface area (Å²) < 4.78 is 40.8. The highest BCUT2D eigenvalue weighted by Crippen LogP contribution is 2.36. The number of fused-ring (bicyclic) bond motifs is 2. The average molecular weight is 252 g/mol. The molecule has 0 saturated carbocycles. The van der Waals surface area contributed by atoms with E-state index in [1.54, 1.807) is 7.05 Å². The van der Waals surface area contributed by atoms with E-state index in [9.17, 15) is 13.2 Å². The predicted octanol–water partition coefficient (Wildman–Crippen LogP) is 3.18. The number of nitrogens with one attached hydrogen (secondary N) is 1. The number of benzene rings is 1. The van der Waals surface area contributed by atoms with E-state index in [4.69, 9.17) is 0 Å². The van der Waals surface area contributed by atoms with Crippen molar-refractivity contribution in [2.45, 2.75) is 19.3 Å². The van der Waals surface area contributed by atoms with Crippen LogP contribution in [-0.2, 0) is 12.8 Å². The third-order valence-electron chi connectivity index (χ3n) is 3.38. The Hall–Kier alpha value is -1.78. The maximum absolute atomic E-state index is 13.9. The van der Waals surface area contributed by atoms with E-state index in [-0.39, 0.29) is 10.9 Å². The highest BCUT2D eigenvalue weighted by atomic mass is 19.2. The Morgan fingerprint density at radius 3 is 2.67 bits per heavy atom. The summed E-state index contributed by atoms with van der Waals surface area (Å²) in [7, 11) is 1.65. The molecule has 1 aliphatic rings. The molecule has 94 valence electrons. The lowest BCUT2D eigenvalue weighted by Gasteiger charge is -2.13. The first-order valence-electron chi connectivity index (χ1n) is 5.80. The van der Waals surface area contributed by atoms with Crippen molar-refractivity contribution in [2.24, 2.45) is 0 Å². The van der Waals surface area contributed by atoms with E-state index in [2.05, 4.69) is 10.3 Å². The molecule has 0 atom stereocenters. The first-order valence-corrected chi connectivity index (χ1v) is 5.80. The number of hydrogen-bond acceptors (Lipinski definition) is 2. The lowest BCUT2D eigenvalue weighted by molar-refractivity contribution is 0.504. The van der Waals surface area contributed by atoms with Crippen LogP contribution >= 0.6 is 0 Å². The molecule has 1 aliphatic carbocycles. The normalized spacial score (nSPS) is 14.0. The van der Waals surface area contributed by atoms with Crippen LogP contribution in [0.3, 0.4) is 0 Å². The SMILES string of the molecule is CNc1c2c(nc3c(F)c(F)cc(F)c13)CCC2. The summed E-state index contributed by atoms with van der Waals surface area (Å²) in [6.45, 7) is 0. The fraction of sp³-hybridized carbons (Fsp3) is 0.308. The zero-order valence-electron chi connectivity index (χ0n) is 9.78. The van der Waals surface area contributed by atoms with Gasteiger partial charge in [-0.2, -0.15) is 0 Å². The molecule has 0 unspecified atom stereocenters. The monoisotopic (exact) mass is 252 g/mol. The van der Waals surface area contributed by atoms with Crippen molar-refractivity contribution in [1.29, 1.82) is 0 Å². The van der Waals surface area contributed by atoms with Crippen LogP contribution < -0.4 is 5.32 Å². The Balaban J connectivity index is 2.50. The molecule has 18 heavy (non-hydrogen) atoms. The molecule has 1 aromatic carbocycles. The van der Waals surface area contributed by atoms with Gasteiger partial charge in [-0.05, 0) is 24.8 Å². The molecule has 3 rings (SSSR count). The fourth-order valence-electron chi connectivity index (χ4n) is 2.61. The Morgan fingerprint density at radius 1 is 1.17 bits per heavy atom. The standard InChI is InChI=1S/C13H11F3N2/c1-17-12-6-3-2-4-9(6)18-13-10(12)7(14)5-8(15)11(13)16/h5H,2-4H2,1H3,(H,17,18). The van der Waals surface area contributed by atoms with Gasteiger partial charge in [-0.3, -0.25) is 0 Å². The summed E-state index contributed by atoms with van der Waals surface area (Å²) in [5.41, 5.74) is 1.95. The summed E-state index contributed by atoms with van der Waals surface area (Å²) in [5.74, 6) is -3.07. The van der Waals surface area contributed by atoms with E-state index >= 15 is 0 Å². The molecule has 2 nitrogen and oxygen atoms in total. The molecule has 0 aliphatic heterocycles. The smallest absolute Gasteiger partial charge is 0.185 e. The van der Waals surface area contributed by atoms with Gasteiger partial charge in [-0.25, -0.2) is 18.2 Å². The maximum Gasteiger partial charge on any atom is 0.185 e. The third-order valence-corrected chi connectivity index (χ3v) is 3.38. The van der Waals surface area contributed by atoms with Gasteiger partial charge in [0.15, 0.2) is 11.6 Å². The zero-order chi connectivity index (χ0) is 12.9. The molecule has 1 heterocycles. The van der Waals surface area contributed by atoms with E-state index < -0.39 is 17.5 Å². The number of anilines is 1. The molecular weight excluding hydrogens is 241 g/mol. The molecule has 5 heteroatoms. The van der Waals surface area contributed by atoms with Crippen molar-refractivity contribution in [2.75, 3.05) is 12.4 Å². The number of halogens is 3. The number of rotatable bonds is 1. The zero-order valence-corrected chi connectivity index (χ0v) is 9.78. The van der Waals surface area contributed by atoms with Gasteiger partial charge >= 0.3 is 0 Å². The van der Waals surface area contributed by atoms with Crippen molar-refractivity contribution in [3.05, 3.63) is 34.8 Å². The summed E-state index contributed by atoms with van der Waals surface area (Å²) in [6, 6.07) is 0.571. The highest BCUT2D eigenvalue weighted by molar-refractivity contribution is 5.94. The number of aromatic nitrogens is 1. The summed E-state index contributed by atoms with van der Waals surface area (Å²) in [6.07, 6.45) is 2.41. The van der Waals surface area contributed by atoms with Gasteiger partial charge in [0.2, 0.25) is 0 Å². The van der Waals surface area contributed by atoms with E-state index in [0.29, 0.717) is 11.8 Å². The molecule has 0 spiro atoms. The van der Waals surface area contributed by atoms with Crippen LogP contribution in [0.25, 0.3) is 10.9 Å². The van der Waals surface area contributed by atoms with Crippen LogP contribution in [0.2, 0.25) is 0 Å². The molecule has 0 fully saturated rings. The second kappa shape index (κ2) is 3.86. The average Bonchev–Trinajstić information content (AvgIpc) is 2.81. The van der Waals surface area contributed by atoms with Crippen LogP contribution in [0.5, 0.6) is 0 Å². The number of hydrogen-bond donors (Lipinski definition) is 1. The van der Waals surface area contributed by atoms with Crippen LogP contribution in [0.15, 0.2) is 6.07 Å². The summed E-state index contributed by atoms with van der Waals surface area (Å²) in [4.78, 5) is 4.09. The van der Waals surface area contributed by atoms with E-state index in [1.165, 1.54) is 0 Å². The first kappa shape index (κ1) is 11.3. The molecule has 0 radical (unpaired) electrons. The minimum Gasteiger partial charge on any atom is -0.387 e. The van der Waals surface area contributed by atoms with Gasteiger partial charge in [-0.15, -0.1) is 0 Å². The Morgan fingerprint density at radius 2 is 1.94 bits per heavy atom. The van der Waals surface area contributed by atoms with E-state index in [0.717, 1.165) is 30.5 Å². The molecule has 0 bridgehead atoms. The quantitative estimate of drug-likeness (QED) is 0.788.